The zero-order chi connectivity index (χ0) is 23.4. The lowest BCUT2D eigenvalue weighted by molar-refractivity contribution is 0.174. The molecule has 0 saturated carbocycles. The van der Waals surface area contributed by atoms with Gasteiger partial charge < -0.3 is 43.2 Å². The molecule has 0 radical (unpaired) electrons. The van der Waals surface area contributed by atoms with Crippen LogP contribution in [0.5, 0.6) is 0 Å². The zero-order valence-corrected chi connectivity index (χ0v) is 18.9. The molecule has 2 aliphatic heterocycles. The van der Waals surface area contributed by atoms with Crippen LogP contribution in [-0.2, 0) is 6.54 Å². The summed E-state index contributed by atoms with van der Waals surface area (Å²) in [5.74, 6) is 1.69. The molecule has 0 aliphatic carbocycles. The van der Waals surface area contributed by atoms with Crippen molar-refractivity contribution in [3.63, 3.8) is 0 Å². The van der Waals surface area contributed by atoms with Crippen molar-refractivity contribution < 1.29 is 5.11 Å². The van der Waals surface area contributed by atoms with E-state index in [4.69, 9.17) is 27.9 Å². The molecule has 2 aliphatic rings. The van der Waals surface area contributed by atoms with Gasteiger partial charge in [0, 0.05) is 56.9 Å². The molecule has 3 heterocycles. The number of aliphatic hydroxyl groups is 1. The van der Waals surface area contributed by atoms with Gasteiger partial charge in [0.15, 0.2) is 0 Å². The van der Waals surface area contributed by atoms with E-state index in [1.807, 2.05) is 40.1 Å². The highest BCUT2D eigenvalue weighted by molar-refractivity contribution is 5.41. The lowest BCUT2D eigenvalue weighted by atomic mass is 10.0. The lowest BCUT2D eigenvalue weighted by Crippen LogP contribution is -2.54. The van der Waals surface area contributed by atoms with Crippen LogP contribution in [0.2, 0.25) is 0 Å². The number of rotatable bonds is 7. The van der Waals surface area contributed by atoms with Gasteiger partial charge in [-0.1, -0.05) is 30.3 Å². The standard InChI is InChI=1S/C22H36N10O/c23-15-6-16(24)11-31(10-15)21-28-20(9-27-8-19(33)14-4-2-1-3-5-14)29-22(30-21)32-12-17(25)7-18(26)13-32/h1-5,15-19,27,33H,6-13,23-26H2/t15-,16+,17-,18+,19?. The third kappa shape index (κ3) is 6.34. The van der Waals surface area contributed by atoms with Crippen LogP contribution >= 0.6 is 0 Å². The van der Waals surface area contributed by atoms with Crippen LogP contribution in [0, 0.1) is 0 Å². The molecule has 11 nitrogen and oxygen atoms in total. The predicted molar refractivity (Wildman–Crippen MR) is 128 cm³/mol. The lowest BCUT2D eigenvalue weighted by Gasteiger charge is -2.37. The monoisotopic (exact) mass is 456 g/mol. The Morgan fingerprint density at radius 2 is 1.30 bits per heavy atom. The number of nitrogens with one attached hydrogen (secondary N) is 1. The number of aliphatic hydroxyl groups excluding tert-OH is 1. The van der Waals surface area contributed by atoms with Crippen LogP contribution in [0.3, 0.4) is 0 Å². The van der Waals surface area contributed by atoms with Gasteiger partial charge in [0.05, 0.1) is 12.6 Å². The van der Waals surface area contributed by atoms with E-state index in [1.54, 1.807) is 0 Å². The van der Waals surface area contributed by atoms with Gasteiger partial charge in [-0.2, -0.15) is 15.0 Å². The van der Waals surface area contributed by atoms with E-state index in [2.05, 4.69) is 15.3 Å². The highest BCUT2D eigenvalue weighted by atomic mass is 16.3. The summed E-state index contributed by atoms with van der Waals surface area (Å²) < 4.78 is 0. The third-order valence-corrected chi connectivity index (χ3v) is 6.06. The summed E-state index contributed by atoms with van der Waals surface area (Å²) in [6, 6.07) is 9.41. The summed E-state index contributed by atoms with van der Waals surface area (Å²) in [6.45, 7) is 3.29. The second-order valence-electron chi connectivity index (χ2n) is 9.23. The summed E-state index contributed by atoms with van der Waals surface area (Å²) in [7, 11) is 0. The Kier molecular flexibility index (Phi) is 7.68. The largest absolute Gasteiger partial charge is 0.387 e. The summed E-state index contributed by atoms with van der Waals surface area (Å²) in [5.41, 5.74) is 25.7. The van der Waals surface area contributed by atoms with Gasteiger partial charge in [-0.05, 0) is 18.4 Å². The molecule has 2 aromatic rings. The Labute approximate surface area is 194 Å². The molecule has 0 bridgehead atoms. The minimum atomic E-state index is -0.622. The number of aromatic nitrogens is 3. The SMILES string of the molecule is N[C@@H]1C[C@H](N)CN(c2nc(CNCC(O)c3ccccc3)nc(N3C[C@H](N)C[C@H](N)C3)n2)C1. The van der Waals surface area contributed by atoms with Crippen LogP contribution in [0.1, 0.15) is 30.3 Å². The van der Waals surface area contributed by atoms with Gasteiger partial charge >= 0.3 is 0 Å². The Hall–Kier alpha value is -2.41. The first-order chi connectivity index (χ1) is 15.9. The van der Waals surface area contributed by atoms with Crippen LogP contribution in [0.25, 0.3) is 0 Å². The normalized spacial score (nSPS) is 26.9. The molecule has 2 saturated heterocycles. The van der Waals surface area contributed by atoms with Gasteiger partial charge in [0.25, 0.3) is 0 Å². The van der Waals surface area contributed by atoms with Crippen LogP contribution in [0.4, 0.5) is 11.9 Å². The summed E-state index contributed by atoms with van der Waals surface area (Å²) in [6.07, 6.45) is 0.926. The highest BCUT2D eigenvalue weighted by Gasteiger charge is 2.28. The fourth-order valence-electron chi connectivity index (χ4n) is 4.55. The van der Waals surface area contributed by atoms with Gasteiger partial charge in [-0.15, -0.1) is 0 Å². The van der Waals surface area contributed by atoms with E-state index in [0.717, 1.165) is 18.4 Å². The molecule has 4 rings (SSSR count). The van der Waals surface area contributed by atoms with Gasteiger partial charge in [-0.3, -0.25) is 0 Å². The Bertz CT molecular complexity index is 836. The fourth-order valence-corrected chi connectivity index (χ4v) is 4.55. The van der Waals surface area contributed by atoms with E-state index >= 15 is 0 Å². The fraction of sp³-hybridized carbons (Fsp3) is 0.591. The second kappa shape index (κ2) is 10.7. The van der Waals surface area contributed by atoms with Crippen LogP contribution < -0.4 is 38.1 Å². The molecule has 1 aromatic carbocycles. The average molecular weight is 457 g/mol. The van der Waals surface area contributed by atoms with Gasteiger partial charge in [-0.25, -0.2) is 0 Å². The maximum Gasteiger partial charge on any atom is 0.230 e. The van der Waals surface area contributed by atoms with Crippen molar-refractivity contribution in [2.45, 2.75) is 49.7 Å². The molecule has 180 valence electrons. The summed E-state index contributed by atoms with van der Waals surface area (Å²) >= 11 is 0. The van der Waals surface area contributed by atoms with E-state index in [9.17, 15) is 5.11 Å². The van der Waals surface area contributed by atoms with Crippen molar-refractivity contribution in [2.75, 3.05) is 42.5 Å². The second-order valence-corrected chi connectivity index (χ2v) is 9.23. The molecule has 1 aromatic heterocycles. The van der Waals surface area contributed by atoms with E-state index in [1.165, 1.54) is 0 Å². The van der Waals surface area contributed by atoms with Gasteiger partial charge in [0.2, 0.25) is 11.9 Å². The number of benzene rings is 1. The van der Waals surface area contributed by atoms with Crippen molar-refractivity contribution in [3.05, 3.63) is 41.7 Å². The molecule has 2 fully saturated rings. The Morgan fingerprint density at radius 3 is 1.79 bits per heavy atom. The van der Waals surface area contributed by atoms with E-state index in [0.29, 0.717) is 57.0 Å². The van der Waals surface area contributed by atoms with E-state index in [-0.39, 0.29) is 24.2 Å². The molecular formula is C22H36N10O. The summed E-state index contributed by atoms with van der Waals surface area (Å²) in [5, 5.41) is 13.7. The van der Waals surface area contributed by atoms with E-state index < -0.39 is 6.10 Å². The van der Waals surface area contributed by atoms with Crippen molar-refractivity contribution in [1.29, 1.82) is 0 Å². The average Bonchev–Trinajstić information content (AvgIpc) is 2.78. The first-order valence-electron chi connectivity index (χ1n) is 11.6. The highest BCUT2D eigenvalue weighted by Crippen LogP contribution is 2.21. The topological polar surface area (TPSA) is 181 Å². The number of hydrogen-bond donors (Lipinski definition) is 6. The molecule has 0 spiro atoms. The first-order valence-corrected chi connectivity index (χ1v) is 11.6. The van der Waals surface area contributed by atoms with Crippen molar-refractivity contribution in [1.82, 2.24) is 20.3 Å². The van der Waals surface area contributed by atoms with Crippen LogP contribution in [0.15, 0.2) is 30.3 Å². The Balaban J connectivity index is 1.52. The number of nitrogens with zero attached hydrogens (tertiary/aromatic N) is 5. The maximum atomic E-state index is 10.4. The number of piperidine rings is 2. The van der Waals surface area contributed by atoms with Gasteiger partial charge in [0.1, 0.15) is 5.82 Å². The predicted octanol–water partition coefficient (Wildman–Crippen LogP) is -1.58. The van der Waals surface area contributed by atoms with Crippen molar-refractivity contribution >= 4 is 11.9 Å². The third-order valence-electron chi connectivity index (χ3n) is 6.06. The molecule has 0 amide bonds. The molecular weight excluding hydrogens is 420 g/mol. The molecule has 5 atom stereocenters. The van der Waals surface area contributed by atoms with Crippen molar-refractivity contribution in [2.24, 2.45) is 22.9 Å². The molecule has 11 heteroatoms. The minimum absolute atomic E-state index is 0.0339. The maximum absolute atomic E-state index is 10.4. The quantitative estimate of drug-likeness (QED) is 0.283. The number of hydrogen-bond acceptors (Lipinski definition) is 11. The smallest absolute Gasteiger partial charge is 0.230 e. The van der Waals surface area contributed by atoms with Crippen LogP contribution in [-0.4, -0.2) is 76.9 Å². The molecule has 10 N–H and O–H groups in total. The first kappa shape index (κ1) is 23.7. The minimum Gasteiger partial charge on any atom is -0.387 e. The Morgan fingerprint density at radius 1 is 0.818 bits per heavy atom. The molecule has 33 heavy (non-hydrogen) atoms. The summed E-state index contributed by atoms with van der Waals surface area (Å²) in [4.78, 5) is 18.2. The molecule has 1 unspecified atom stereocenters. The number of anilines is 2. The number of nitrogens with two attached hydrogens (primary N) is 4. The zero-order valence-electron chi connectivity index (χ0n) is 18.9. The van der Waals surface area contributed by atoms with Crippen molar-refractivity contribution in [3.8, 4) is 0 Å².